The van der Waals surface area contributed by atoms with Crippen LogP contribution < -0.4 is 5.32 Å². The lowest BCUT2D eigenvalue weighted by atomic mass is 9.79. The lowest BCUT2D eigenvalue weighted by Gasteiger charge is -2.40. The molecule has 2 nitrogen and oxygen atoms in total. The number of piperidine rings is 2. The minimum absolute atomic E-state index is 0.00463. The summed E-state index contributed by atoms with van der Waals surface area (Å²) in [7, 11) is 0. The quantitative estimate of drug-likeness (QED) is 0.484. The Morgan fingerprint density at radius 1 is 1.33 bits per heavy atom. The van der Waals surface area contributed by atoms with Crippen molar-refractivity contribution in [3.8, 4) is 0 Å². The summed E-state index contributed by atoms with van der Waals surface area (Å²) in [6.45, 7) is 1.05. The Bertz CT molecular complexity index is 107. The first-order chi connectivity index (χ1) is 4.36. The molecule has 0 aromatic carbocycles. The van der Waals surface area contributed by atoms with Gasteiger partial charge in [0, 0.05) is 12.6 Å². The van der Waals surface area contributed by atoms with Crippen molar-refractivity contribution >= 4 is 0 Å². The molecule has 2 N–H and O–H groups in total. The van der Waals surface area contributed by atoms with Crippen molar-refractivity contribution in [2.45, 2.75) is 31.4 Å². The normalized spacial score (nSPS) is 49.7. The SMILES string of the molecule is O[C@H]1CC2CC[C@@H]1CN2. The van der Waals surface area contributed by atoms with Gasteiger partial charge in [-0.3, -0.25) is 0 Å². The number of aliphatic hydroxyl groups is 1. The largest absolute Gasteiger partial charge is 0.393 e. The Kier molecular flexibility index (Phi) is 1.24. The highest BCUT2D eigenvalue weighted by Gasteiger charge is 2.33. The van der Waals surface area contributed by atoms with E-state index in [1.807, 2.05) is 0 Å². The predicted octanol–water partition coefficient (Wildman–Crippen LogP) is 0.119. The molecule has 0 spiro atoms. The van der Waals surface area contributed by atoms with Crippen LogP contribution in [0.5, 0.6) is 0 Å². The van der Waals surface area contributed by atoms with Crippen LogP contribution in [-0.4, -0.2) is 23.8 Å². The Morgan fingerprint density at radius 3 is 2.44 bits per heavy atom. The van der Waals surface area contributed by atoms with Crippen LogP contribution in [0.25, 0.3) is 0 Å². The molecule has 0 amide bonds. The van der Waals surface area contributed by atoms with Crippen molar-refractivity contribution in [3.05, 3.63) is 0 Å². The molecule has 3 fully saturated rings. The third-order valence-electron chi connectivity index (χ3n) is 2.62. The van der Waals surface area contributed by atoms with Gasteiger partial charge in [-0.25, -0.2) is 0 Å². The number of fused-ring (bicyclic) bond motifs is 3. The Balaban J connectivity index is 2.06. The van der Waals surface area contributed by atoms with Gasteiger partial charge in [-0.15, -0.1) is 0 Å². The van der Waals surface area contributed by atoms with Crippen LogP contribution in [0.3, 0.4) is 0 Å². The number of hydrogen-bond donors (Lipinski definition) is 2. The molecule has 2 heterocycles. The number of rotatable bonds is 0. The van der Waals surface area contributed by atoms with E-state index in [0.29, 0.717) is 12.0 Å². The van der Waals surface area contributed by atoms with Crippen molar-refractivity contribution in [3.63, 3.8) is 0 Å². The van der Waals surface area contributed by atoms with Crippen LogP contribution in [-0.2, 0) is 0 Å². The molecule has 0 radical (unpaired) electrons. The van der Waals surface area contributed by atoms with Crippen LogP contribution in [0.1, 0.15) is 19.3 Å². The van der Waals surface area contributed by atoms with Crippen molar-refractivity contribution in [2.75, 3.05) is 6.54 Å². The van der Waals surface area contributed by atoms with Crippen LogP contribution in [0.15, 0.2) is 0 Å². The molecule has 1 unspecified atom stereocenters. The smallest absolute Gasteiger partial charge is 0.0595 e. The summed E-state index contributed by atoms with van der Waals surface area (Å²) in [5, 5.41) is 12.7. The van der Waals surface area contributed by atoms with E-state index in [4.69, 9.17) is 0 Å². The minimum Gasteiger partial charge on any atom is -0.393 e. The highest BCUT2D eigenvalue weighted by atomic mass is 16.3. The van der Waals surface area contributed by atoms with E-state index in [2.05, 4.69) is 5.32 Å². The van der Waals surface area contributed by atoms with E-state index in [9.17, 15) is 5.11 Å². The molecule has 2 saturated heterocycles. The Morgan fingerprint density at radius 2 is 2.22 bits per heavy atom. The zero-order chi connectivity index (χ0) is 6.27. The molecule has 3 atom stereocenters. The van der Waals surface area contributed by atoms with Crippen LogP contribution in [0.2, 0.25) is 0 Å². The molecule has 3 aliphatic rings. The van der Waals surface area contributed by atoms with E-state index in [1.54, 1.807) is 0 Å². The summed E-state index contributed by atoms with van der Waals surface area (Å²) in [6, 6.07) is 0.630. The third kappa shape index (κ3) is 0.864. The summed E-state index contributed by atoms with van der Waals surface area (Å²) >= 11 is 0. The summed E-state index contributed by atoms with van der Waals surface area (Å²) < 4.78 is 0. The maximum atomic E-state index is 9.36. The number of hydrogen-bond acceptors (Lipinski definition) is 2. The first kappa shape index (κ1) is 5.69. The van der Waals surface area contributed by atoms with Gasteiger partial charge in [-0.2, -0.15) is 0 Å². The van der Waals surface area contributed by atoms with Crippen molar-refractivity contribution in [1.29, 1.82) is 0 Å². The summed E-state index contributed by atoms with van der Waals surface area (Å²) in [5.74, 6) is 0.565. The van der Waals surface area contributed by atoms with Crippen LogP contribution >= 0.6 is 0 Å². The molecule has 2 bridgehead atoms. The zero-order valence-electron chi connectivity index (χ0n) is 5.51. The second-order valence-corrected chi connectivity index (χ2v) is 3.25. The van der Waals surface area contributed by atoms with E-state index in [-0.39, 0.29) is 6.10 Å². The molecule has 1 saturated carbocycles. The predicted molar refractivity (Wildman–Crippen MR) is 35.1 cm³/mol. The lowest BCUT2D eigenvalue weighted by molar-refractivity contribution is 0.0228. The first-order valence-corrected chi connectivity index (χ1v) is 3.78. The summed E-state index contributed by atoms with van der Waals surface area (Å²) in [4.78, 5) is 0. The van der Waals surface area contributed by atoms with Gasteiger partial charge in [0.15, 0.2) is 0 Å². The van der Waals surface area contributed by atoms with Crippen LogP contribution in [0.4, 0.5) is 0 Å². The number of aliphatic hydroxyl groups excluding tert-OH is 1. The molecule has 0 aromatic heterocycles. The van der Waals surface area contributed by atoms with Crippen LogP contribution in [0, 0.1) is 5.92 Å². The average molecular weight is 127 g/mol. The topological polar surface area (TPSA) is 32.3 Å². The van der Waals surface area contributed by atoms with Gasteiger partial charge in [0.25, 0.3) is 0 Å². The first-order valence-electron chi connectivity index (χ1n) is 3.78. The van der Waals surface area contributed by atoms with Gasteiger partial charge in [0.05, 0.1) is 6.10 Å². The third-order valence-corrected chi connectivity index (χ3v) is 2.62. The molecule has 52 valence electrons. The fourth-order valence-corrected chi connectivity index (χ4v) is 1.95. The summed E-state index contributed by atoms with van der Waals surface area (Å²) in [6.07, 6.45) is 3.51. The van der Waals surface area contributed by atoms with Gasteiger partial charge in [-0.1, -0.05) is 0 Å². The molecular weight excluding hydrogens is 114 g/mol. The van der Waals surface area contributed by atoms with Gasteiger partial charge < -0.3 is 10.4 Å². The molecule has 1 aliphatic carbocycles. The number of nitrogens with one attached hydrogen (secondary N) is 1. The lowest BCUT2D eigenvalue weighted by Crippen LogP contribution is -2.51. The monoisotopic (exact) mass is 127 g/mol. The Hall–Kier alpha value is -0.0800. The molecule has 2 heteroatoms. The van der Waals surface area contributed by atoms with Gasteiger partial charge >= 0.3 is 0 Å². The molecular formula is C7H13NO. The van der Waals surface area contributed by atoms with Gasteiger partial charge in [0.2, 0.25) is 0 Å². The van der Waals surface area contributed by atoms with Crippen molar-refractivity contribution in [2.24, 2.45) is 5.92 Å². The fraction of sp³-hybridized carbons (Fsp3) is 1.00. The van der Waals surface area contributed by atoms with E-state index in [1.165, 1.54) is 12.8 Å². The zero-order valence-corrected chi connectivity index (χ0v) is 5.51. The second-order valence-electron chi connectivity index (χ2n) is 3.25. The Labute approximate surface area is 55.3 Å². The standard InChI is InChI=1S/C7H13NO/c9-7-3-6-2-1-5(7)4-8-6/h5-9H,1-4H2/t5-,6?,7+/m1/s1. The van der Waals surface area contributed by atoms with Gasteiger partial charge in [0.1, 0.15) is 0 Å². The average Bonchev–Trinajstić information content (AvgIpc) is 1.90. The highest BCUT2D eigenvalue weighted by molar-refractivity contribution is 4.90. The second kappa shape index (κ2) is 1.96. The maximum absolute atomic E-state index is 9.36. The van der Waals surface area contributed by atoms with E-state index < -0.39 is 0 Å². The van der Waals surface area contributed by atoms with Crippen molar-refractivity contribution < 1.29 is 5.11 Å². The minimum atomic E-state index is 0.00463. The van der Waals surface area contributed by atoms with E-state index >= 15 is 0 Å². The molecule has 0 aromatic rings. The molecule has 9 heavy (non-hydrogen) atoms. The highest BCUT2D eigenvalue weighted by Crippen LogP contribution is 2.28. The van der Waals surface area contributed by atoms with Crippen molar-refractivity contribution in [1.82, 2.24) is 5.32 Å². The van der Waals surface area contributed by atoms with Gasteiger partial charge in [-0.05, 0) is 25.2 Å². The van der Waals surface area contributed by atoms with E-state index in [0.717, 1.165) is 13.0 Å². The summed E-state index contributed by atoms with van der Waals surface area (Å²) in [5.41, 5.74) is 0. The fourth-order valence-electron chi connectivity index (χ4n) is 1.95. The maximum Gasteiger partial charge on any atom is 0.0595 e. The molecule has 2 aliphatic heterocycles. The molecule has 3 rings (SSSR count).